The average Bonchev–Trinajstić information content (AvgIpc) is 3.07. The number of nitrogen functional groups attached to an aromatic ring is 1. The van der Waals surface area contributed by atoms with E-state index >= 15 is 0 Å². The molecule has 0 unspecified atom stereocenters. The molecule has 0 saturated carbocycles. The number of anilines is 2. The molecule has 0 saturated heterocycles. The van der Waals surface area contributed by atoms with Crippen LogP contribution in [0.25, 0.3) is 22.0 Å². The molecular formula is C20H17N5O2. The normalized spacial score (nSPS) is 10.9. The van der Waals surface area contributed by atoms with Gasteiger partial charge in [0.15, 0.2) is 0 Å². The Morgan fingerprint density at radius 2 is 1.93 bits per heavy atom. The van der Waals surface area contributed by atoms with Crippen LogP contribution >= 0.6 is 0 Å². The predicted octanol–water partition coefficient (Wildman–Crippen LogP) is 3.74. The van der Waals surface area contributed by atoms with E-state index in [-0.39, 0.29) is 5.91 Å². The molecule has 0 aliphatic carbocycles. The molecule has 0 atom stereocenters. The number of aryl methyl sites for hydroxylation is 2. The Morgan fingerprint density at radius 1 is 1.07 bits per heavy atom. The molecular weight excluding hydrogens is 342 g/mol. The lowest BCUT2D eigenvalue weighted by Crippen LogP contribution is -2.11. The molecule has 2 aromatic carbocycles. The lowest BCUT2D eigenvalue weighted by molar-refractivity contribution is 0.102. The maximum atomic E-state index is 12.5. The molecule has 0 radical (unpaired) electrons. The maximum Gasteiger partial charge on any atom is 0.258 e. The Bertz CT molecular complexity index is 1170. The fraction of sp³-hybridized carbons (Fsp3) is 0.100. The number of nitrogens with one attached hydrogen (secondary N) is 1. The number of rotatable bonds is 3. The minimum Gasteiger partial charge on any atom is -0.383 e. The van der Waals surface area contributed by atoms with Crippen molar-refractivity contribution in [2.24, 2.45) is 0 Å². The number of aromatic nitrogens is 3. The van der Waals surface area contributed by atoms with Gasteiger partial charge in [-0.3, -0.25) is 10.1 Å². The summed E-state index contributed by atoms with van der Waals surface area (Å²) in [5.74, 6) is 0.473. The van der Waals surface area contributed by atoms with Crippen LogP contribution in [0.2, 0.25) is 0 Å². The number of benzene rings is 2. The van der Waals surface area contributed by atoms with Gasteiger partial charge in [-0.15, -0.1) is 0 Å². The smallest absolute Gasteiger partial charge is 0.258 e. The lowest BCUT2D eigenvalue weighted by atomic mass is 9.96. The van der Waals surface area contributed by atoms with Crippen molar-refractivity contribution in [3.8, 4) is 11.1 Å². The number of carbonyl (C=O) groups is 1. The van der Waals surface area contributed by atoms with Crippen molar-refractivity contribution in [2.75, 3.05) is 11.1 Å². The fourth-order valence-electron chi connectivity index (χ4n) is 2.92. The third-order valence-electron chi connectivity index (χ3n) is 4.34. The molecule has 134 valence electrons. The van der Waals surface area contributed by atoms with E-state index in [1.54, 1.807) is 19.1 Å². The van der Waals surface area contributed by atoms with Crippen LogP contribution in [-0.4, -0.2) is 21.0 Å². The topological polar surface area (TPSA) is 107 Å². The van der Waals surface area contributed by atoms with Gasteiger partial charge in [-0.05, 0) is 54.8 Å². The molecule has 0 aliphatic rings. The second-order valence-electron chi connectivity index (χ2n) is 6.31. The third kappa shape index (κ3) is 3.22. The Morgan fingerprint density at radius 3 is 2.70 bits per heavy atom. The van der Waals surface area contributed by atoms with Gasteiger partial charge in [-0.2, -0.15) is 0 Å². The highest BCUT2D eigenvalue weighted by molar-refractivity contribution is 6.04. The highest BCUT2D eigenvalue weighted by Gasteiger charge is 2.13. The molecule has 0 bridgehead atoms. The molecule has 7 nitrogen and oxygen atoms in total. The Labute approximate surface area is 155 Å². The lowest BCUT2D eigenvalue weighted by Gasteiger charge is -2.10. The molecule has 0 fully saturated rings. The molecule has 7 heteroatoms. The van der Waals surface area contributed by atoms with E-state index in [1.807, 2.05) is 37.3 Å². The maximum absolute atomic E-state index is 12.5. The zero-order valence-electron chi connectivity index (χ0n) is 14.9. The highest BCUT2D eigenvalue weighted by atomic mass is 16.5. The van der Waals surface area contributed by atoms with Gasteiger partial charge in [0, 0.05) is 17.0 Å². The van der Waals surface area contributed by atoms with Gasteiger partial charge >= 0.3 is 0 Å². The van der Waals surface area contributed by atoms with Crippen molar-refractivity contribution in [1.29, 1.82) is 0 Å². The second kappa shape index (κ2) is 6.53. The van der Waals surface area contributed by atoms with Gasteiger partial charge in [0.1, 0.15) is 12.1 Å². The molecule has 4 aromatic rings. The van der Waals surface area contributed by atoms with E-state index in [4.69, 9.17) is 10.3 Å². The Hall–Kier alpha value is -3.74. The Kier molecular flexibility index (Phi) is 4.04. The SMILES string of the molecule is Cc1cc(NC(=O)c2ccc(C)c(-c3ccc4ncnc(N)c4c3)c2)on1. The van der Waals surface area contributed by atoms with Crippen LogP contribution in [-0.2, 0) is 0 Å². The second-order valence-corrected chi connectivity index (χ2v) is 6.31. The van der Waals surface area contributed by atoms with Crippen molar-refractivity contribution in [3.05, 3.63) is 65.6 Å². The molecule has 27 heavy (non-hydrogen) atoms. The summed E-state index contributed by atoms with van der Waals surface area (Å²) < 4.78 is 5.05. The van der Waals surface area contributed by atoms with E-state index in [1.165, 1.54) is 6.33 Å². The van der Waals surface area contributed by atoms with Crippen molar-refractivity contribution < 1.29 is 9.32 Å². The van der Waals surface area contributed by atoms with E-state index in [9.17, 15) is 4.79 Å². The van der Waals surface area contributed by atoms with Crippen LogP contribution in [0.3, 0.4) is 0 Å². The van der Waals surface area contributed by atoms with Crippen LogP contribution in [0.1, 0.15) is 21.6 Å². The first-order valence-corrected chi connectivity index (χ1v) is 8.37. The summed E-state index contributed by atoms with van der Waals surface area (Å²) in [6, 6.07) is 13.0. The van der Waals surface area contributed by atoms with Gasteiger partial charge < -0.3 is 10.3 Å². The fourth-order valence-corrected chi connectivity index (χ4v) is 2.92. The number of amides is 1. The predicted molar refractivity (Wildman–Crippen MR) is 103 cm³/mol. The van der Waals surface area contributed by atoms with Gasteiger partial charge in [0.2, 0.25) is 5.88 Å². The first-order chi connectivity index (χ1) is 13.0. The van der Waals surface area contributed by atoms with Crippen LogP contribution in [0, 0.1) is 13.8 Å². The number of hydrogen-bond acceptors (Lipinski definition) is 6. The first kappa shape index (κ1) is 16.7. The van der Waals surface area contributed by atoms with Gasteiger partial charge in [0.05, 0.1) is 11.2 Å². The van der Waals surface area contributed by atoms with Gasteiger partial charge in [0.25, 0.3) is 5.91 Å². The van der Waals surface area contributed by atoms with E-state index in [2.05, 4.69) is 20.4 Å². The largest absolute Gasteiger partial charge is 0.383 e. The summed E-state index contributed by atoms with van der Waals surface area (Å²) in [6.45, 7) is 3.78. The number of nitrogens with zero attached hydrogens (tertiary/aromatic N) is 3. The van der Waals surface area contributed by atoms with Crippen molar-refractivity contribution in [3.63, 3.8) is 0 Å². The third-order valence-corrected chi connectivity index (χ3v) is 4.34. The molecule has 1 amide bonds. The number of nitrogens with two attached hydrogens (primary N) is 1. The van der Waals surface area contributed by atoms with E-state index < -0.39 is 0 Å². The number of fused-ring (bicyclic) bond motifs is 1. The van der Waals surface area contributed by atoms with E-state index in [0.29, 0.717) is 23.0 Å². The molecule has 0 spiro atoms. The monoisotopic (exact) mass is 359 g/mol. The molecule has 2 aromatic heterocycles. The summed E-state index contributed by atoms with van der Waals surface area (Å²) in [7, 11) is 0. The van der Waals surface area contributed by atoms with E-state index in [0.717, 1.165) is 27.6 Å². The van der Waals surface area contributed by atoms with Gasteiger partial charge in [-0.1, -0.05) is 17.3 Å². The summed E-state index contributed by atoms with van der Waals surface area (Å²) in [6.07, 6.45) is 1.44. The minimum absolute atomic E-state index is 0.268. The minimum atomic E-state index is -0.268. The summed E-state index contributed by atoms with van der Waals surface area (Å²) >= 11 is 0. The van der Waals surface area contributed by atoms with Crippen molar-refractivity contribution in [1.82, 2.24) is 15.1 Å². The zero-order chi connectivity index (χ0) is 19.0. The Balaban J connectivity index is 1.72. The average molecular weight is 359 g/mol. The van der Waals surface area contributed by atoms with Crippen molar-refractivity contribution >= 4 is 28.5 Å². The summed E-state index contributed by atoms with van der Waals surface area (Å²) in [5, 5.41) is 7.25. The number of hydrogen-bond donors (Lipinski definition) is 2. The molecule has 0 aliphatic heterocycles. The molecule has 4 rings (SSSR count). The molecule has 2 heterocycles. The van der Waals surface area contributed by atoms with Crippen LogP contribution in [0.4, 0.5) is 11.7 Å². The van der Waals surface area contributed by atoms with Crippen LogP contribution in [0.15, 0.2) is 53.3 Å². The van der Waals surface area contributed by atoms with Crippen LogP contribution in [0.5, 0.6) is 0 Å². The van der Waals surface area contributed by atoms with Crippen molar-refractivity contribution in [2.45, 2.75) is 13.8 Å². The highest BCUT2D eigenvalue weighted by Crippen LogP contribution is 2.29. The summed E-state index contributed by atoms with van der Waals surface area (Å²) in [5.41, 5.74) is 10.9. The quantitative estimate of drug-likeness (QED) is 0.577. The van der Waals surface area contributed by atoms with Crippen LogP contribution < -0.4 is 11.1 Å². The van der Waals surface area contributed by atoms with Gasteiger partial charge in [-0.25, -0.2) is 9.97 Å². The first-order valence-electron chi connectivity index (χ1n) is 8.37. The zero-order valence-corrected chi connectivity index (χ0v) is 14.9. The molecule has 3 N–H and O–H groups in total. The summed E-state index contributed by atoms with van der Waals surface area (Å²) in [4.78, 5) is 20.8. The standard InChI is InChI=1S/C20H17N5O2/c1-11-3-4-14(20(26)24-18-7-12(2)25-27-18)9-15(11)13-5-6-17-16(8-13)19(21)23-10-22-17/h3-10H,1-2H3,(H,24,26)(H2,21,22,23). The number of carbonyl (C=O) groups excluding carboxylic acids is 1.